The van der Waals surface area contributed by atoms with E-state index < -0.39 is 26.8 Å². The number of aromatic nitrogens is 1. The van der Waals surface area contributed by atoms with Crippen LogP contribution in [-0.2, 0) is 16.0 Å². The highest BCUT2D eigenvalue weighted by Gasteiger charge is 2.38. The lowest BCUT2D eigenvalue weighted by molar-refractivity contribution is -0.137. The van der Waals surface area contributed by atoms with E-state index >= 15 is 0 Å². The molecule has 0 saturated carbocycles. The zero-order valence-corrected chi connectivity index (χ0v) is 15.2. The lowest BCUT2D eigenvalue weighted by atomic mass is 10.1. The summed E-state index contributed by atoms with van der Waals surface area (Å²) in [7, 11) is -3.64. The molecule has 0 bridgehead atoms. The van der Waals surface area contributed by atoms with Crippen LogP contribution in [0.2, 0.25) is 5.02 Å². The number of hydrogen-bond donors (Lipinski definition) is 0. The number of alkyl halides is 3. The SMILES string of the molecule is O=S(=O)(c1ccccc1Cl)C1CCN(c2ncccc2C(F)(F)F)CC1. The molecule has 2 aromatic rings. The van der Waals surface area contributed by atoms with E-state index in [1.165, 1.54) is 29.3 Å². The van der Waals surface area contributed by atoms with E-state index in [0.717, 1.165) is 6.07 Å². The highest BCUT2D eigenvalue weighted by molar-refractivity contribution is 7.92. The third-order valence-corrected chi connectivity index (χ3v) is 7.18. The van der Waals surface area contributed by atoms with E-state index in [4.69, 9.17) is 11.6 Å². The molecule has 1 aliphatic heterocycles. The van der Waals surface area contributed by atoms with Crippen molar-refractivity contribution < 1.29 is 21.6 Å². The van der Waals surface area contributed by atoms with E-state index in [1.807, 2.05) is 0 Å². The second kappa shape index (κ2) is 7.08. The average Bonchev–Trinajstić information content (AvgIpc) is 2.61. The van der Waals surface area contributed by atoms with E-state index in [9.17, 15) is 21.6 Å². The summed E-state index contributed by atoms with van der Waals surface area (Å²) >= 11 is 6.00. The summed E-state index contributed by atoms with van der Waals surface area (Å²) in [5.74, 6) is -0.159. The molecule has 140 valence electrons. The number of piperidine rings is 1. The molecule has 1 aromatic heterocycles. The normalized spacial score (nSPS) is 16.7. The number of rotatable bonds is 3. The number of sulfone groups is 1. The van der Waals surface area contributed by atoms with Gasteiger partial charge in [0.05, 0.1) is 20.7 Å². The van der Waals surface area contributed by atoms with Gasteiger partial charge in [-0.15, -0.1) is 0 Å². The fourth-order valence-electron chi connectivity index (χ4n) is 3.10. The second-order valence-corrected chi connectivity index (χ2v) is 8.64. The Balaban J connectivity index is 1.80. The summed E-state index contributed by atoms with van der Waals surface area (Å²) < 4.78 is 65.0. The van der Waals surface area contributed by atoms with Crippen molar-refractivity contribution in [2.75, 3.05) is 18.0 Å². The molecule has 0 unspecified atom stereocenters. The van der Waals surface area contributed by atoms with Crippen molar-refractivity contribution >= 4 is 27.3 Å². The first-order valence-corrected chi connectivity index (χ1v) is 9.89. The number of anilines is 1. The Labute approximate surface area is 154 Å². The summed E-state index contributed by atoms with van der Waals surface area (Å²) in [5.41, 5.74) is -0.813. The number of nitrogens with zero attached hydrogens (tertiary/aromatic N) is 2. The summed E-state index contributed by atoms with van der Waals surface area (Å²) in [6.45, 7) is 0.350. The summed E-state index contributed by atoms with van der Waals surface area (Å²) in [4.78, 5) is 5.42. The van der Waals surface area contributed by atoms with Gasteiger partial charge in [0, 0.05) is 19.3 Å². The summed E-state index contributed by atoms with van der Waals surface area (Å²) in [6.07, 6.45) is -2.79. The quantitative estimate of drug-likeness (QED) is 0.769. The van der Waals surface area contributed by atoms with E-state index in [2.05, 4.69) is 4.98 Å². The molecular formula is C17H16ClF3N2O2S. The molecule has 1 saturated heterocycles. The second-order valence-electron chi connectivity index (χ2n) is 6.03. The predicted molar refractivity (Wildman–Crippen MR) is 93.1 cm³/mol. The van der Waals surface area contributed by atoms with Crippen molar-refractivity contribution in [2.45, 2.75) is 29.2 Å². The van der Waals surface area contributed by atoms with Gasteiger partial charge in [-0.3, -0.25) is 0 Å². The van der Waals surface area contributed by atoms with E-state index in [1.54, 1.807) is 12.1 Å². The maximum atomic E-state index is 13.2. The first kappa shape index (κ1) is 19.0. The molecule has 1 aliphatic rings. The largest absolute Gasteiger partial charge is 0.419 e. The smallest absolute Gasteiger partial charge is 0.356 e. The van der Waals surface area contributed by atoms with Gasteiger partial charge in [0.25, 0.3) is 0 Å². The minimum Gasteiger partial charge on any atom is -0.356 e. The van der Waals surface area contributed by atoms with Crippen molar-refractivity contribution in [3.8, 4) is 0 Å². The van der Waals surface area contributed by atoms with Crippen LogP contribution in [0.5, 0.6) is 0 Å². The first-order chi connectivity index (χ1) is 12.2. The monoisotopic (exact) mass is 404 g/mol. The number of halogens is 4. The molecule has 2 heterocycles. The van der Waals surface area contributed by atoms with Gasteiger partial charge in [-0.1, -0.05) is 23.7 Å². The molecule has 0 N–H and O–H groups in total. The van der Waals surface area contributed by atoms with Crippen LogP contribution in [0.1, 0.15) is 18.4 Å². The Morgan fingerprint density at radius 2 is 1.73 bits per heavy atom. The molecule has 0 aliphatic carbocycles. The van der Waals surface area contributed by atoms with Crippen LogP contribution in [0, 0.1) is 0 Å². The number of pyridine rings is 1. The molecular weight excluding hydrogens is 389 g/mol. The van der Waals surface area contributed by atoms with Crippen LogP contribution in [0.3, 0.4) is 0 Å². The molecule has 0 amide bonds. The van der Waals surface area contributed by atoms with Gasteiger partial charge in [-0.05, 0) is 37.1 Å². The number of benzene rings is 1. The van der Waals surface area contributed by atoms with Crippen molar-refractivity contribution in [2.24, 2.45) is 0 Å². The molecule has 9 heteroatoms. The fraction of sp³-hybridized carbons (Fsp3) is 0.353. The average molecular weight is 405 g/mol. The van der Waals surface area contributed by atoms with Crippen LogP contribution in [0.4, 0.5) is 19.0 Å². The van der Waals surface area contributed by atoms with E-state index in [0.29, 0.717) is 0 Å². The lowest BCUT2D eigenvalue weighted by Gasteiger charge is -2.33. The first-order valence-electron chi connectivity index (χ1n) is 7.97. The highest BCUT2D eigenvalue weighted by atomic mass is 35.5. The molecule has 3 rings (SSSR count). The minimum absolute atomic E-state index is 0.0638. The van der Waals surface area contributed by atoms with Crippen LogP contribution in [0.25, 0.3) is 0 Å². The molecule has 0 spiro atoms. The Bertz CT molecular complexity index is 895. The molecule has 0 atom stereocenters. The lowest BCUT2D eigenvalue weighted by Crippen LogP contribution is -2.40. The van der Waals surface area contributed by atoms with Gasteiger partial charge in [0.1, 0.15) is 5.82 Å². The molecule has 4 nitrogen and oxygen atoms in total. The van der Waals surface area contributed by atoms with Crippen LogP contribution < -0.4 is 4.90 Å². The van der Waals surface area contributed by atoms with Crippen LogP contribution >= 0.6 is 11.6 Å². The molecule has 1 fully saturated rings. The van der Waals surface area contributed by atoms with Crippen molar-refractivity contribution in [1.82, 2.24) is 4.98 Å². The van der Waals surface area contributed by atoms with Gasteiger partial charge in [-0.25, -0.2) is 13.4 Å². The maximum absolute atomic E-state index is 13.2. The third-order valence-electron chi connectivity index (χ3n) is 4.42. The summed E-state index contributed by atoms with van der Waals surface area (Å²) in [5, 5.41) is -0.532. The topological polar surface area (TPSA) is 50.3 Å². The Hall–Kier alpha value is -1.80. The predicted octanol–water partition coefficient (Wildman–Crippen LogP) is 4.20. The van der Waals surface area contributed by atoms with Crippen LogP contribution in [-0.4, -0.2) is 31.7 Å². The fourth-order valence-corrected chi connectivity index (χ4v) is 5.36. The number of hydrogen-bond acceptors (Lipinski definition) is 4. The van der Waals surface area contributed by atoms with Crippen molar-refractivity contribution in [3.05, 3.63) is 53.2 Å². The molecule has 0 radical (unpaired) electrons. The standard InChI is InChI=1S/C17H16ClF3N2O2S/c18-14-5-1-2-6-15(14)26(24,25)12-7-10-23(11-8-12)16-13(17(19,20)21)4-3-9-22-16/h1-6,9,12H,7-8,10-11H2. The van der Waals surface area contributed by atoms with Crippen molar-refractivity contribution in [3.63, 3.8) is 0 Å². The van der Waals surface area contributed by atoms with E-state index in [-0.39, 0.29) is 41.7 Å². The Kier molecular flexibility index (Phi) is 5.16. The Morgan fingerprint density at radius 3 is 2.35 bits per heavy atom. The van der Waals surface area contributed by atoms with Gasteiger partial charge in [0.15, 0.2) is 9.84 Å². The zero-order valence-electron chi connectivity index (χ0n) is 13.6. The van der Waals surface area contributed by atoms with Gasteiger partial charge >= 0.3 is 6.18 Å². The third kappa shape index (κ3) is 3.66. The molecule has 26 heavy (non-hydrogen) atoms. The van der Waals surface area contributed by atoms with Crippen LogP contribution in [0.15, 0.2) is 47.5 Å². The maximum Gasteiger partial charge on any atom is 0.419 e. The van der Waals surface area contributed by atoms with Crippen molar-refractivity contribution in [1.29, 1.82) is 0 Å². The van der Waals surface area contributed by atoms with Gasteiger partial charge < -0.3 is 4.90 Å². The van der Waals surface area contributed by atoms with Gasteiger partial charge in [0.2, 0.25) is 0 Å². The zero-order chi connectivity index (χ0) is 18.9. The highest BCUT2D eigenvalue weighted by Crippen LogP contribution is 2.37. The van der Waals surface area contributed by atoms with Gasteiger partial charge in [-0.2, -0.15) is 13.2 Å². The Morgan fingerprint density at radius 1 is 1.08 bits per heavy atom. The summed E-state index contributed by atoms with van der Waals surface area (Å²) in [6, 6.07) is 8.41. The molecule has 1 aromatic carbocycles. The minimum atomic E-state index is -4.51.